The maximum Gasteiger partial charge on any atom is 0.436 e. The van der Waals surface area contributed by atoms with Crippen LogP contribution in [-0.2, 0) is 4.74 Å². The van der Waals surface area contributed by atoms with Gasteiger partial charge in [-0.2, -0.15) is 4.99 Å². The fraction of sp³-hybridized carbons (Fsp3) is 0.800. The molecule has 2 saturated carbocycles. The molecular weight excluding hydrogens is 180 g/mol. The Morgan fingerprint density at radius 1 is 1.36 bits per heavy atom. The normalized spacial score (nSPS) is 45.4. The number of carbonyl (C=O) groups is 1. The van der Waals surface area contributed by atoms with E-state index in [1.54, 1.807) is 0 Å². The molecule has 2 bridgehead atoms. The topological polar surface area (TPSA) is 64.7 Å². The Morgan fingerprint density at radius 2 is 2.21 bits per heavy atom. The molecule has 0 aromatic rings. The largest absolute Gasteiger partial charge is 0.436 e. The highest BCUT2D eigenvalue weighted by atomic mass is 16.6. The second-order valence-corrected chi connectivity index (χ2v) is 4.68. The number of fused-ring (bicyclic) bond motifs is 2. The minimum Gasteiger partial charge on any atom is -0.436 e. The van der Waals surface area contributed by atoms with Crippen LogP contribution in [0.3, 0.4) is 0 Å². The number of nitrogens with zero attached hydrogens (tertiary/aromatic N) is 1. The van der Waals surface area contributed by atoms with Crippen LogP contribution in [0.25, 0.3) is 0 Å². The van der Waals surface area contributed by atoms with E-state index in [0.29, 0.717) is 17.7 Å². The lowest BCUT2D eigenvalue weighted by atomic mass is 9.84. The van der Waals surface area contributed by atoms with Crippen LogP contribution < -0.4 is 5.73 Å². The third-order valence-corrected chi connectivity index (χ3v) is 3.92. The van der Waals surface area contributed by atoms with Crippen molar-refractivity contribution in [1.29, 1.82) is 0 Å². The number of cyclic esters (lactones) is 1. The van der Waals surface area contributed by atoms with E-state index in [9.17, 15) is 4.79 Å². The van der Waals surface area contributed by atoms with Gasteiger partial charge in [0.1, 0.15) is 5.84 Å². The number of amides is 1. The molecule has 3 rings (SSSR count). The molecule has 1 aliphatic heterocycles. The molecule has 1 amide bonds. The van der Waals surface area contributed by atoms with Crippen LogP contribution in [-0.4, -0.2) is 18.0 Å². The van der Waals surface area contributed by atoms with Crippen molar-refractivity contribution in [3.05, 3.63) is 0 Å². The summed E-state index contributed by atoms with van der Waals surface area (Å²) in [5.74, 6) is 2.40. The van der Waals surface area contributed by atoms with Crippen molar-refractivity contribution in [1.82, 2.24) is 0 Å². The summed E-state index contributed by atoms with van der Waals surface area (Å²) < 4.78 is 5.14. The summed E-state index contributed by atoms with van der Waals surface area (Å²) in [7, 11) is 0. The van der Waals surface area contributed by atoms with Crippen molar-refractivity contribution in [2.24, 2.45) is 28.5 Å². The summed E-state index contributed by atoms with van der Waals surface area (Å²) in [6, 6.07) is 0. The zero-order valence-electron chi connectivity index (χ0n) is 7.98. The van der Waals surface area contributed by atoms with E-state index in [0.717, 1.165) is 5.92 Å². The fourth-order valence-corrected chi connectivity index (χ4v) is 3.34. The van der Waals surface area contributed by atoms with Crippen LogP contribution in [0.2, 0.25) is 0 Å². The van der Waals surface area contributed by atoms with Gasteiger partial charge in [0.25, 0.3) is 0 Å². The van der Waals surface area contributed by atoms with Crippen LogP contribution in [0.4, 0.5) is 4.79 Å². The molecule has 4 unspecified atom stereocenters. The summed E-state index contributed by atoms with van der Waals surface area (Å²) in [5, 5.41) is 0. The van der Waals surface area contributed by atoms with Gasteiger partial charge in [-0.3, -0.25) is 0 Å². The summed E-state index contributed by atoms with van der Waals surface area (Å²) in [5.41, 5.74) is 5.69. The molecule has 1 heterocycles. The fourth-order valence-electron chi connectivity index (χ4n) is 3.34. The second-order valence-electron chi connectivity index (χ2n) is 4.68. The lowest BCUT2D eigenvalue weighted by Crippen LogP contribution is -2.36. The molecular formula is C10H14N2O2. The highest BCUT2D eigenvalue weighted by molar-refractivity contribution is 5.99. The van der Waals surface area contributed by atoms with E-state index in [2.05, 4.69) is 4.99 Å². The molecule has 2 fully saturated rings. The number of hydrogen-bond donors (Lipinski definition) is 1. The number of carbonyl (C=O) groups excluding carboxylic acids is 1. The molecule has 4 nitrogen and oxygen atoms in total. The Balaban J connectivity index is 1.78. The van der Waals surface area contributed by atoms with E-state index in [4.69, 9.17) is 10.5 Å². The third-order valence-electron chi connectivity index (χ3n) is 3.92. The average molecular weight is 194 g/mol. The quantitative estimate of drug-likeness (QED) is 0.684. The second kappa shape index (κ2) is 2.72. The van der Waals surface area contributed by atoms with Crippen LogP contribution in [0.15, 0.2) is 4.99 Å². The van der Waals surface area contributed by atoms with Gasteiger partial charge in [0.15, 0.2) is 6.10 Å². The summed E-state index contributed by atoms with van der Waals surface area (Å²) in [6.07, 6.45) is 4.37. The van der Waals surface area contributed by atoms with Gasteiger partial charge in [0, 0.05) is 5.92 Å². The molecule has 0 saturated heterocycles. The molecule has 0 spiro atoms. The van der Waals surface area contributed by atoms with Gasteiger partial charge >= 0.3 is 6.09 Å². The number of hydrogen-bond acceptors (Lipinski definition) is 3. The first-order chi connectivity index (χ1) is 6.74. The van der Waals surface area contributed by atoms with E-state index in [1.165, 1.54) is 25.7 Å². The van der Waals surface area contributed by atoms with E-state index in [-0.39, 0.29) is 6.10 Å². The molecule has 4 heteroatoms. The van der Waals surface area contributed by atoms with Crippen molar-refractivity contribution >= 4 is 11.9 Å². The van der Waals surface area contributed by atoms with Crippen molar-refractivity contribution in [2.45, 2.75) is 31.8 Å². The molecule has 2 aliphatic carbocycles. The van der Waals surface area contributed by atoms with Crippen molar-refractivity contribution in [2.75, 3.05) is 0 Å². The maximum atomic E-state index is 10.9. The van der Waals surface area contributed by atoms with Gasteiger partial charge in [-0.25, -0.2) is 4.79 Å². The summed E-state index contributed by atoms with van der Waals surface area (Å²) in [4.78, 5) is 14.6. The lowest BCUT2D eigenvalue weighted by Gasteiger charge is -2.25. The Kier molecular flexibility index (Phi) is 1.60. The number of aliphatic imine (C=N–C) groups is 1. The molecule has 14 heavy (non-hydrogen) atoms. The van der Waals surface area contributed by atoms with Gasteiger partial charge in [-0.15, -0.1) is 0 Å². The van der Waals surface area contributed by atoms with Crippen LogP contribution >= 0.6 is 0 Å². The Bertz CT molecular complexity index is 313. The predicted molar refractivity (Wildman–Crippen MR) is 50.8 cm³/mol. The number of nitrogens with two attached hydrogens (primary N) is 1. The van der Waals surface area contributed by atoms with Crippen LogP contribution in [0.1, 0.15) is 25.7 Å². The maximum absolute atomic E-state index is 10.9. The molecule has 0 aromatic carbocycles. The molecule has 0 radical (unpaired) electrons. The Morgan fingerprint density at radius 3 is 2.71 bits per heavy atom. The predicted octanol–water partition coefficient (Wildman–Crippen LogP) is 1.30. The van der Waals surface area contributed by atoms with E-state index in [1.807, 2.05) is 0 Å². The van der Waals surface area contributed by atoms with Gasteiger partial charge < -0.3 is 10.5 Å². The molecule has 4 atom stereocenters. The van der Waals surface area contributed by atoms with E-state index < -0.39 is 6.09 Å². The van der Waals surface area contributed by atoms with Gasteiger partial charge in [0.2, 0.25) is 0 Å². The number of rotatable bonds is 1. The highest BCUT2D eigenvalue weighted by Gasteiger charge is 2.47. The Hall–Kier alpha value is -1.06. The monoisotopic (exact) mass is 194 g/mol. The minimum atomic E-state index is -0.504. The van der Waals surface area contributed by atoms with Crippen molar-refractivity contribution in [3.8, 4) is 0 Å². The van der Waals surface area contributed by atoms with Gasteiger partial charge in [-0.1, -0.05) is 6.42 Å². The standard InChI is InChI=1S/C10H14N2O2/c11-9-8(14-10(13)12-9)7-4-5-1-2-6(7)3-5/h5-8H,1-4H2,(H2,11,12,13). The van der Waals surface area contributed by atoms with E-state index >= 15 is 0 Å². The van der Waals surface area contributed by atoms with Crippen LogP contribution in [0.5, 0.6) is 0 Å². The highest BCUT2D eigenvalue weighted by Crippen LogP contribution is 2.50. The molecule has 76 valence electrons. The Labute approximate surface area is 82.5 Å². The first-order valence-electron chi connectivity index (χ1n) is 5.28. The summed E-state index contributed by atoms with van der Waals surface area (Å²) >= 11 is 0. The zero-order chi connectivity index (χ0) is 9.71. The van der Waals surface area contributed by atoms with Gasteiger partial charge in [0.05, 0.1) is 0 Å². The molecule has 2 N–H and O–H groups in total. The molecule has 3 aliphatic rings. The van der Waals surface area contributed by atoms with Crippen molar-refractivity contribution < 1.29 is 9.53 Å². The SMILES string of the molecule is NC1=NC(=O)OC1C1CC2CCC1C2. The minimum absolute atomic E-state index is 0.210. The number of amidine groups is 1. The van der Waals surface area contributed by atoms with Crippen LogP contribution in [0, 0.1) is 17.8 Å². The molecule has 0 aromatic heterocycles. The third kappa shape index (κ3) is 1.06. The first-order valence-corrected chi connectivity index (χ1v) is 5.28. The lowest BCUT2D eigenvalue weighted by molar-refractivity contribution is 0.0979. The zero-order valence-corrected chi connectivity index (χ0v) is 7.98. The number of ether oxygens (including phenoxy) is 1. The summed E-state index contributed by atoms with van der Waals surface area (Å²) in [6.45, 7) is 0. The first kappa shape index (κ1) is 8.26. The van der Waals surface area contributed by atoms with Gasteiger partial charge in [-0.05, 0) is 31.1 Å². The average Bonchev–Trinajstić information content (AvgIpc) is 2.79. The smallest absolute Gasteiger partial charge is 0.436 e. The van der Waals surface area contributed by atoms with Crippen molar-refractivity contribution in [3.63, 3.8) is 0 Å².